The van der Waals surface area contributed by atoms with E-state index in [1.807, 2.05) is 6.92 Å². The Hall–Kier alpha value is -1.46. The highest BCUT2D eigenvalue weighted by atomic mass is 35.5. The molecular formula is C12H16ClNO4. The maximum Gasteiger partial charge on any atom is 0.342 e. The summed E-state index contributed by atoms with van der Waals surface area (Å²) in [7, 11) is 1.44. The highest BCUT2D eigenvalue weighted by Crippen LogP contribution is 2.29. The molecule has 0 amide bonds. The molecule has 0 unspecified atom stereocenters. The maximum atomic E-state index is 11.8. The van der Waals surface area contributed by atoms with Gasteiger partial charge in [0.05, 0.1) is 24.4 Å². The Morgan fingerprint density at radius 2 is 2.11 bits per heavy atom. The summed E-state index contributed by atoms with van der Waals surface area (Å²) in [5, 5.41) is 0.285. The Labute approximate surface area is 111 Å². The first-order chi connectivity index (χ1) is 8.60. The number of ether oxygens (including phenoxy) is 3. The molecule has 6 heteroatoms. The quantitative estimate of drug-likeness (QED) is 0.488. The number of halogens is 1. The zero-order valence-corrected chi connectivity index (χ0v) is 11.1. The van der Waals surface area contributed by atoms with Gasteiger partial charge in [-0.25, -0.2) is 4.79 Å². The third kappa shape index (κ3) is 3.78. The minimum Gasteiger partial charge on any atom is -0.496 e. The lowest BCUT2D eigenvalue weighted by Gasteiger charge is -2.10. The average molecular weight is 274 g/mol. The van der Waals surface area contributed by atoms with Crippen molar-refractivity contribution in [1.29, 1.82) is 0 Å². The summed E-state index contributed by atoms with van der Waals surface area (Å²) in [4.78, 5) is 11.8. The summed E-state index contributed by atoms with van der Waals surface area (Å²) in [6, 6.07) is 2.92. The molecule has 0 aromatic heterocycles. The number of methoxy groups -OCH3 is 1. The lowest BCUT2D eigenvalue weighted by Crippen LogP contribution is -2.12. The van der Waals surface area contributed by atoms with Crippen molar-refractivity contribution in [3.63, 3.8) is 0 Å². The van der Waals surface area contributed by atoms with E-state index >= 15 is 0 Å². The van der Waals surface area contributed by atoms with Crippen molar-refractivity contribution in [2.45, 2.75) is 6.92 Å². The number of nitrogens with two attached hydrogens (primary N) is 1. The lowest BCUT2D eigenvalue weighted by molar-refractivity contribution is 0.0332. The summed E-state index contributed by atoms with van der Waals surface area (Å²) in [5.74, 6) is -0.188. The van der Waals surface area contributed by atoms with Crippen LogP contribution in [0.5, 0.6) is 5.75 Å². The van der Waals surface area contributed by atoms with Gasteiger partial charge in [-0.05, 0) is 13.0 Å². The first kappa shape index (κ1) is 14.6. The molecule has 0 bridgehead atoms. The number of carbonyl (C=O) groups is 1. The highest BCUT2D eigenvalue weighted by molar-refractivity contribution is 6.33. The molecule has 0 spiro atoms. The molecule has 0 atom stereocenters. The van der Waals surface area contributed by atoms with Crippen molar-refractivity contribution in [2.24, 2.45) is 0 Å². The van der Waals surface area contributed by atoms with Crippen LogP contribution in [0.2, 0.25) is 5.02 Å². The minimum absolute atomic E-state index is 0.178. The molecule has 1 aromatic carbocycles. The number of nitrogen functional groups attached to an aromatic ring is 1. The molecule has 0 fully saturated rings. The van der Waals surface area contributed by atoms with E-state index in [0.717, 1.165) is 0 Å². The van der Waals surface area contributed by atoms with Crippen LogP contribution in [-0.2, 0) is 9.47 Å². The van der Waals surface area contributed by atoms with Crippen molar-refractivity contribution in [3.05, 3.63) is 22.7 Å². The summed E-state index contributed by atoms with van der Waals surface area (Å²) < 4.78 is 15.1. The van der Waals surface area contributed by atoms with Crippen LogP contribution in [0.4, 0.5) is 5.69 Å². The van der Waals surface area contributed by atoms with E-state index in [0.29, 0.717) is 24.7 Å². The largest absolute Gasteiger partial charge is 0.496 e. The minimum atomic E-state index is -0.520. The smallest absolute Gasteiger partial charge is 0.342 e. The van der Waals surface area contributed by atoms with Gasteiger partial charge in [-0.2, -0.15) is 0 Å². The Morgan fingerprint density at radius 3 is 2.72 bits per heavy atom. The number of hydrogen-bond donors (Lipinski definition) is 1. The number of anilines is 1. The summed E-state index contributed by atoms with van der Waals surface area (Å²) in [6.45, 7) is 2.98. The Balaban J connectivity index is 2.75. The topological polar surface area (TPSA) is 70.8 Å². The van der Waals surface area contributed by atoms with Gasteiger partial charge in [0.15, 0.2) is 0 Å². The summed E-state index contributed by atoms with van der Waals surface area (Å²) in [5.41, 5.74) is 6.21. The van der Waals surface area contributed by atoms with Crippen LogP contribution in [0.15, 0.2) is 12.1 Å². The molecule has 18 heavy (non-hydrogen) atoms. The van der Waals surface area contributed by atoms with Gasteiger partial charge < -0.3 is 19.9 Å². The van der Waals surface area contributed by atoms with Crippen LogP contribution < -0.4 is 10.5 Å². The number of carbonyl (C=O) groups excluding carboxylic acids is 1. The van der Waals surface area contributed by atoms with Crippen molar-refractivity contribution < 1.29 is 19.0 Å². The van der Waals surface area contributed by atoms with Crippen LogP contribution in [0.1, 0.15) is 17.3 Å². The van der Waals surface area contributed by atoms with Gasteiger partial charge in [0.25, 0.3) is 0 Å². The number of benzene rings is 1. The fraction of sp³-hybridized carbons (Fsp3) is 0.417. The fourth-order valence-corrected chi connectivity index (χ4v) is 1.48. The molecule has 1 aromatic rings. The molecule has 5 nitrogen and oxygen atoms in total. The first-order valence-corrected chi connectivity index (χ1v) is 5.85. The fourth-order valence-electron chi connectivity index (χ4n) is 1.31. The van der Waals surface area contributed by atoms with E-state index in [2.05, 4.69) is 0 Å². The number of hydrogen-bond acceptors (Lipinski definition) is 5. The van der Waals surface area contributed by atoms with Gasteiger partial charge in [-0.3, -0.25) is 0 Å². The lowest BCUT2D eigenvalue weighted by atomic mass is 10.2. The zero-order valence-electron chi connectivity index (χ0n) is 10.4. The van der Waals surface area contributed by atoms with E-state index in [1.165, 1.54) is 19.2 Å². The second-order valence-corrected chi connectivity index (χ2v) is 3.81. The summed E-state index contributed by atoms with van der Waals surface area (Å²) in [6.07, 6.45) is 0. The second-order valence-electron chi connectivity index (χ2n) is 3.41. The molecule has 0 aliphatic carbocycles. The van der Waals surface area contributed by atoms with Gasteiger partial charge in [0, 0.05) is 12.7 Å². The van der Waals surface area contributed by atoms with E-state index in [4.69, 9.17) is 31.5 Å². The van der Waals surface area contributed by atoms with Crippen LogP contribution in [0.3, 0.4) is 0 Å². The Bertz CT molecular complexity index is 423. The van der Waals surface area contributed by atoms with Gasteiger partial charge >= 0.3 is 5.97 Å². The maximum absolute atomic E-state index is 11.8. The Kier molecular flexibility index (Phi) is 5.74. The van der Waals surface area contributed by atoms with Gasteiger partial charge in [-0.1, -0.05) is 11.6 Å². The molecule has 100 valence electrons. The molecule has 2 N–H and O–H groups in total. The van der Waals surface area contributed by atoms with Crippen molar-refractivity contribution >= 4 is 23.3 Å². The molecular weight excluding hydrogens is 258 g/mol. The van der Waals surface area contributed by atoms with Crippen molar-refractivity contribution in [1.82, 2.24) is 0 Å². The van der Waals surface area contributed by atoms with Crippen molar-refractivity contribution in [2.75, 3.05) is 32.7 Å². The first-order valence-electron chi connectivity index (χ1n) is 5.48. The van der Waals surface area contributed by atoms with Crippen LogP contribution in [0, 0.1) is 0 Å². The predicted octanol–water partition coefficient (Wildman–Crippen LogP) is 2.12. The van der Waals surface area contributed by atoms with Crippen LogP contribution in [-0.4, -0.2) is 32.9 Å². The van der Waals surface area contributed by atoms with Gasteiger partial charge in [0.2, 0.25) is 0 Å². The van der Waals surface area contributed by atoms with Gasteiger partial charge in [0.1, 0.15) is 17.9 Å². The molecule has 0 heterocycles. The SMILES string of the molecule is CCOCCOC(=O)c1cc(Cl)c(N)cc1OC. The Morgan fingerprint density at radius 1 is 1.39 bits per heavy atom. The molecule has 0 aliphatic heterocycles. The van der Waals surface area contributed by atoms with Crippen LogP contribution >= 0.6 is 11.6 Å². The molecule has 0 saturated carbocycles. The number of esters is 1. The average Bonchev–Trinajstić information content (AvgIpc) is 2.37. The zero-order chi connectivity index (χ0) is 13.5. The second kappa shape index (κ2) is 7.08. The van der Waals surface area contributed by atoms with E-state index in [-0.39, 0.29) is 17.2 Å². The molecule has 0 radical (unpaired) electrons. The summed E-state index contributed by atoms with van der Waals surface area (Å²) >= 11 is 5.86. The third-order valence-electron chi connectivity index (χ3n) is 2.20. The third-order valence-corrected chi connectivity index (χ3v) is 2.53. The standard InChI is InChI=1S/C12H16ClNO4/c1-3-17-4-5-18-12(15)8-6-9(13)10(14)7-11(8)16-2/h6-7H,3-5,14H2,1-2H3. The molecule has 1 rings (SSSR count). The molecule has 0 aliphatic rings. The normalized spacial score (nSPS) is 10.2. The monoisotopic (exact) mass is 273 g/mol. The number of rotatable bonds is 6. The van der Waals surface area contributed by atoms with E-state index in [1.54, 1.807) is 0 Å². The van der Waals surface area contributed by atoms with E-state index < -0.39 is 5.97 Å². The predicted molar refractivity (Wildman–Crippen MR) is 69.2 cm³/mol. The van der Waals surface area contributed by atoms with Gasteiger partial charge in [-0.15, -0.1) is 0 Å². The van der Waals surface area contributed by atoms with Crippen LogP contribution in [0.25, 0.3) is 0 Å². The van der Waals surface area contributed by atoms with Crippen molar-refractivity contribution in [3.8, 4) is 5.75 Å². The molecule has 0 saturated heterocycles. The van der Waals surface area contributed by atoms with E-state index in [9.17, 15) is 4.79 Å². The highest BCUT2D eigenvalue weighted by Gasteiger charge is 2.16.